The number of hydrogen-bond acceptors (Lipinski definition) is 4. The number of carbonyl (C=O) groups excluding carboxylic acids is 2. The Bertz CT molecular complexity index is 542. The molecular formula is C15H17NO4. The first-order valence-corrected chi connectivity index (χ1v) is 6.18. The standard InChI is InChI=1S/C15H17NO4/c1-3-16(11-14(18)20-2)15(19)13-8-4-6-12(10-13)7-5-9-17/h4,6,8,10,17H,3,9,11H2,1-2H3. The third-order valence-corrected chi connectivity index (χ3v) is 2.64. The first-order chi connectivity index (χ1) is 9.62. The molecule has 1 aromatic carbocycles. The summed E-state index contributed by atoms with van der Waals surface area (Å²) in [4.78, 5) is 24.9. The molecule has 0 aromatic heterocycles. The summed E-state index contributed by atoms with van der Waals surface area (Å²) < 4.78 is 4.56. The van der Waals surface area contributed by atoms with Crippen molar-refractivity contribution in [1.82, 2.24) is 4.90 Å². The zero-order chi connectivity index (χ0) is 15.0. The molecule has 0 fully saturated rings. The average molecular weight is 275 g/mol. The van der Waals surface area contributed by atoms with Crippen molar-refractivity contribution >= 4 is 11.9 Å². The Kier molecular flexibility index (Phi) is 6.27. The second kappa shape index (κ2) is 7.97. The molecule has 5 nitrogen and oxygen atoms in total. The second-order valence-corrected chi connectivity index (χ2v) is 3.94. The fourth-order valence-corrected chi connectivity index (χ4v) is 1.60. The lowest BCUT2D eigenvalue weighted by Gasteiger charge is -2.19. The maximum absolute atomic E-state index is 12.3. The van der Waals surface area contributed by atoms with Crippen LogP contribution in [0, 0.1) is 11.8 Å². The molecular weight excluding hydrogens is 258 g/mol. The highest BCUT2D eigenvalue weighted by Crippen LogP contribution is 2.08. The molecule has 0 bridgehead atoms. The minimum Gasteiger partial charge on any atom is -0.468 e. The van der Waals surface area contributed by atoms with Gasteiger partial charge in [0.2, 0.25) is 0 Å². The molecule has 1 rings (SSSR count). The summed E-state index contributed by atoms with van der Waals surface area (Å²) in [6.07, 6.45) is 0. The zero-order valence-electron chi connectivity index (χ0n) is 11.5. The highest BCUT2D eigenvalue weighted by molar-refractivity contribution is 5.96. The molecule has 0 atom stereocenters. The largest absolute Gasteiger partial charge is 0.468 e. The van der Waals surface area contributed by atoms with Gasteiger partial charge in [-0.15, -0.1) is 0 Å². The molecule has 0 aliphatic rings. The lowest BCUT2D eigenvalue weighted by Crippen LogP contribution is -2.36. The topological polar surface area (TPSA) is 66.8 Å². The van der Waals surface area contributed by atoms with E-state index in [1.165, 1.54) is 12.0 Å². The number of nitrogens with zero attached hydrogens (tertiary/aromatic N) is 1. The molecule has 0 aliphatic carbocycles. The summed E-state index contributed by atoms with van der Waals surface area (Å²) in [5, 5.41) is 8.66. The smallest absolute Gasteiger partial charge is 0.325 e. The van der Waals surface area contributed by atoms with Gasteiger partial charge in [0.15, 0.2) is 0 Å². The van der Waals surface area contributed by atoms with E-state index in [4.69, 9.17) is 5.11 Å². The Labute approximate surface area is 118 Å². The minimum absolute atomic E-state index is 0.0849. The monoisotopic (exact) mass is 275 g/mol. The number of ether oxygens (including phenoxy) is 1. The average Bonchev–Trinajstić information content (AvgIpc) is 2.49. The highest BCUT2D eigenvalue weighted by atomic mass is 16.5. The molecule has 20 heavy (non-hydrogen) atoms. The Balaban J connectivity index is 2.92. The van der Waals surface area contributed by atoms with Gasteiger partial charge in [-0.05, 0) is 25.1 Å². The molecule has 0 spiro atoms. The van der Waals surface area contributed by atoms with Gasteiger partial charge in [-0.1, -0.05) is 17.9 Å². The van der Waals surface area contributed by atoms with Crippen LogP contribution in [-0.4, -0.2) is 48.7 Å². The summed E-state index contributed by atoms with van der Waals surface area (Å²) in [5.41, 5.74) is 1.08. The number of benzene rings is 1. The molecule has 106 valence electrons. The normalized spacial score (nSPS) is 9.35. The first-order valence-electron chi connectivity index (χ1n) is 6.18. The van der Waals surface area contributed by atoms with Gasteiger partial charge >= 0.3 is 5.97 Å². The van der Waals surface area contributed by atoms with Crippen LogP contribution >= 0.6 is 0 Å². The number of aliphatic hydroxyl groups excluding tert-OH is 1. The van der Waals surface area contributed by atoms with Crippen molar-refractivity contribution in [3.63, 3.8) is 0 Å². The van der Waals surface area contributed by atoms with Crippen LogP contribution in [0.4, 0.5) is 0 Å². The SMILES string of the molecule is CCN(CC(=O)OC)C(=O)c1cccc(C#CCO)c1. The highest BCUT2D eigenvalue weighted by Gasteiger charge is 2.17. The first kappa shape index (κ1) is 15.7. The summed E-state index contributed by atoms with van der Waals surface area (Å²) >= 11 is 0. The molecule has 1 aromatic rings. The van der Waals surface area contributed by atoms with Crippen LogP contribution < -0.4 is 0 Å². The maximum atomic E-state index is 12.3. The van der Waals surface area contributed by atoms with E-state index < -0.39 is 5.97 Å². The number of likely N-dealkylation sites (N-methyl/N-ethyl adjacent to an activating group) is 1. The molecule has 1 N–H and O–H groups in total. The quantitative estimate of drug-likeness (QED) is 0.647. The van der Waals surface area contributed by atoms with Crippen LogP contribution in [-0.2, 0) is 9.53 Å². The Morgan fingerprint density at radius 2 is 2.15 bits per heavy atom. The van der Waals surface area contributed by atoms with E-state index in [1.54, 1.807) is 31.2 Å². The number of carbonyl (C=O) groups is 2. The Morgan fingerprint density at radius 1 is 1.40 bits per heavy atom. The van der Waals surface area contributed by atoms with E-state index in [0.29, 0.717) is 17.7 Å². The van der Waals surface area contributed by atoms with Crippen LogP contribution in [0.2, 0.25) is 0 Å². The lowest BCUT2D eigenvalue weighted by atomic mass is 10.1. The lowest BCUT2D eigenvalue weighted by molar-refractivity contribution is -0.141. The molecule has 0 heterocycles. The van der Waals surface area contributed by atoms with Gasteiger partial charge in [0, 0.05) is 17.7 Å². The molecule has 5 heteroatoms. The van der Waals surface area contributed by atoms with Gasteiger partial charge < -0.3 is 14.7 Å². The van der Waals surface area contributed by atoms with Crippen molar-refractivity contribution in [2.75, 3.05) is 26.8 Å². The zero-order valence-corrected chi connectivity index (χ0v) is 11.5. The van der Waals surface area contributed by atoms with Crippen molar-refractivity contribution in [2.45, 2.75) is 6.92 Å². The van der Waals surface area contributed by atoms with Crippen molar-refractivity contribution in [3.8, 4) is 11.8 Å². The Hall–Kier alpha value is -2.32. The van der Waals surface area contributed by atoms with Crippen LogP contribution in [0.5, 0.6) is 0 Å². The van der Waals surface area contributed by atoms with E-state index in [-0.39, 0.29) is 19.1 Å². The molecule has 0 radical (unpaired) electrons. The molecule has 1 amide bonds. The number of amides is 1. The van der Waals surface area contributed by atoms with E-state index >= 15 is 0 Å². The van der Waals surface area contributed by atoms with Gasteiger partial charge in [-0.3, -0.25) is 9.59 Å². The van der Waals surface area contributed by atoms with Gasteiger partial charge in [0.05, 0.1) is 7.11 Å². The number of rotatable bonds is 4. The van der Waals surface area contributed by atoms with Crippen molar-refractivity contribution in [3.05, 3.63) is 35.4 Å². The summed E-state index contributed by atoms with van der Waals surface area (Å²) in [6.45, 7) is 1.87. The van der Waals surface area contributed by atoms with Gasteiger partial charge in [-0.25, -0.2) is 0 Å². The number of methoxy groups -OCH3 is 1. The van der Waals surface area contributed by atoms with E-state index in [0.717, 1.165) is 0 Å². The van der Waals surface area contributed by atoms with Crippen LogP contribution in [0.15, 0.2) is 24.3 Å². The predicted molar refractivity (Wildman–Crippen MR) is 74.0 cm³/mol. The second-order valence-electron chi connectivity index (χ2n) is 3.94. The molecule has 0 saturated heterocycles. The number of hydrogen-bond donors (Lipinski definition) is 1. The van der Waals surface area contributed by atoms with Crippen LogP contribution in [0.25, 0.3) is 0 Å². The van der Waals surface area contributed by atoms with E-state index in [1.807, 2.05) is 0 Å². The van der Waals surface area contributed by atoms with Crippen LogP contribution in [0.3, 0.4) is 0 Å². The summed E-state index contributed by atoms with van der Waals surface area (Å²) in [5.74, 6) is 4.54. The summed E-state index contributed by atoms with van der Waals surface area (Å²) in [6, 6.07) is 6.74. The van der Waals surface area contributed by atoms with Gasteiger partial charge in [-0.2, -0.15) is 0 Å². The fraction of sp³-hybridized carbons (Fsp3) is 0.333. The van der Waals surface area contributed by atoms with Gasteiger partial charge in [0.1, 0.15) is 13.2 Å². The number of aliphatic hydroxyl groups is 1. The van der Waals surface area contributed by atoms with E-state index in [2.05, 4.69) is 16.6 Å². The molecule has 0 unspecified atom stereocenters. The maximum Gasteiger partial charge on any atom is 0.325 e. The Morgan fingerprint density at radius 3 is 2.75 bits per heavy atom. The fourth-order valence-electron chi connectivity index (χ4n) is 1.60. The van der Waals surface area contributed by atoms with Crippen molar-refractivity contribution in [2.24, 2.45) is 0 Å². The minimum atomic E-state index is -0.462. The van der Waals surface area contributed by atoms with Gasteiger partial charge in [0.25, 0.3) is 5.91 Å². The van der Waals surface area contributed by atoms with Crippen molar-refractivity contribution < 1.29 is 19.4 Å². The van der Waals surface area contributed by atoms with Crippen LogP contribution in [0.1, 0.15) is 22.8 Å². The number of esters is 1. The predicted octanol–water partition coefficient (Wildman–Crippen LogP) is 0.665. The summed E-state index contributed by atoms with van der Waals surface area (Å²) in [7, 11) is 1.28. The van der Waals surface area contributed by atoms with E-state index in [9.17, 15) is 9.59 Å². The third kappa shape index (κ3) is 4.41. The van der Waals surface area contributed by atoms with Crippen molar-refractivity contribution in [1.29, 1.82) is 0 Å². The molecule has 0 aliphatic heterocycles. The molecule has 0 saturated carbocycles. The third-order valence-electron chi connectivity index (χ3n) is 2.64.